The van der Waals surface area contributed by atoms with Crippen molar-refractivity contribution in [3.05, 3.63) is 12.7 Å². The quantitative estimate of drug-likeness (QED) is 0.568. The summed E-state index contributed by atoms with van der Waals surface area (Å²) in [5.74, 6) is -0.310. The maximum atomic E-state index is 11.7. The molecule has 0 heterocycles. The first-order chi connectivity index (χ1) is 7.65. The zero-order valence-electron chi connectivity index (χ0n) is 9.70. The first kappa shape index (κ1) is 12.7. The van der Waals surface area contributed by atoms with Gasteiger partial charge in [0.1, 0.15) is 12.6 Å². The first-order valence-electron chi connectivity index (χ1n) is 5.69. The van der Waals surface area contributed by atoms with E-state index in [1.54, 1.807) is 0 Å². The number of nitrogens with one attached hydrogen (secondary N) is 1. The van der Waals surface area contributed by atoms with Crippen LogP contribution in [0.25, 0.3) is 0 Å². The summed E-state index contributed by atoms with van der Waals surface area (Å²) in [6, 6.07) is -0.486. The van der Waals surface area contributed by atoms with Gasteiger partial charge in [0.15, 0.2) is 0 Å². The molecule has 1 rings (SSSR count). The van der Waals surface area contributed by atoms with Gasteiger partial charge in [0.05, 0.1) is 0 Å². The van der Waals surface area contributed by atoms with E-state index in [4.69, 9.17) is 4.74 Å². The second-order valence-electron chi connectivity index (χ2n) is 4.14. The van der Waals surface area contributed by atoms with Gasteiger partial charge in [-0.3, -0.25) is 4.79 Å². The van der Waals surface area contributed by atoms with Crippen LogP contribution in [0.3, 0.4) is 0 Å². The highest BCUT2D eigenvalue weighted by atomic mass is 16.5. The van der Waals surface area contributed by atoms with Gasteiger partial charge in [0, 0.05) is 6.92 Å². The average Bonchev–Trinajstić information content (AvgIpc) is 2.75. The fourth-order valence-electron chi connectivity index (χ4n) is 2.11. The number of hydrogen-bond donors (Lipinski definition) is 1. The number of carbonyl (C=O) groups excluding carboxylic acids is 2. The van der Waals surface area contributed by atoms with Crippen LogP contribution in [-0.4, -0.2) is 24.5 Å². The molecule has 1 atom stereocenters. The topological polar surface area (TPSA) is 55.4 Å². The molecule has 0 aromatic rings. The molecule has 1 aliphatic rings. The molecular weight excluding hydrogens is 206 g/mol. The van der Waals surface area contributed by atoms with Gasteiger partial charge in [-0.2, -0.15) is 0 Å². The summed E-state index contributed by atoms with van der Waals surface area (Å²) in [7, 11) is 0. The van der Waals surface area contributed by atoms with Gasteiger partial charge >= 0.3 is 5.97 Å². The first-order valence-corrected chi connectivity index (χ1v) is 5.69. The molecule has 4 nitrogen and oxygen atoms in total. The lowest BCUT2D eigenvalue weighted by molar-refractivity contribution is -0.148. The molecule has 1 saturated carbocycles. The van der Waals surface area contributed by atoms with E-state index < -0.39 is 6.04 Å². The number of amides is 1. The lowest BCUT2D eigenvalue weighted by Gasteiger charge is -2.21. The molecule has 1 unspecified atom stereocenters. The van der Waals surface area contributed by atoms with Crippen molar-refractivity contribution >= 4 is 11.9 Å². The normalized spacial score (nSPS) is 17.8. The third kappa shape index (κ3) is 3.68. The van der Waals surface area contributed by atoms with Crippen molar-refractivity contribution in [3.8, 4) is 0 Å². The van der Waals surface area contributed by atoms with Crippen LogP contribution in [0, 0.1) is 5.92 Å². The molecule has 0 aromatic heterocycles. The summed E-state index contributed by atoms with van der Waals surface area (Å²) in [6.45, 7) is 5.10. The molecule has 1 N–H and O–H groups in total. The Hall–Kier alpha value is -1.32. The standard InChI is InChI=1S/C12H19NO3/c1-3-8-16-12(15)11(13-9(2)14)10-6-4-5-7-10/h3,10-11H,1,4-8H2,2H3,(H,13,14). The maximum absolute atomic E-state index is 11.7. The van der Waals surface area contributed by atoms with Gasteiger partial charge in [-0.05, 0) is 18.8 Å². The second kappa shape index (κ2) is 6.30. The van der Waals surface area contributed by atoms with E-state index in [1.165, 1.54) is 13.0 Å². The van der Waals surface area contributed by atoms with Gasteiger partial charge in [0.25, 0.3) is 0 Å². The van der Waals surface area contributed by atoms with Gasteiger partial charge < -0.3 is 10.1 Å². The predicted molar refractivity (Wildman–Crippen MR) is 60.7 cm³/mol. The maximum Gasteiger partial charge on any atom is 0.329 e. The van der Waals surface area contributed by atoms with Crippen LogP contribution in [-0.2, 0) is 14.3 Å². The molecule has 1 fully saturated rings. The van der Waals surface area contributed by atoms with Gasteiger partial charge in [-0.15, -0.1) is 0 Å². The van der Waals surface area contributed by atoms with Crippen molar-refractivity contribution in [2.24, 2.45) is 5.92 Å². The summed E-state index contributed by atoms with van der Waals surface area (Å²) < 4.78 is 4.99. The van der Waals surface area contributed by atoms with E-state index in [-0.39, 0.29) is 24.4 Å². The van der Waals surface area contributed by atoms with E-state index in [0.717, 1.165) is 25.7 Å². The number of esters is 1. The Morgan fingerprint density at radius 2 is 2.12 bits per heavy atom. The highest BCUT2D eigenvalue weighted by Crippen LogP contribution is 2.28. The van der Waals surface area contributed by atoms with E-state index in [0.29, 0.717) is 0 Å². The van der Waals surface area contributed by atoms with Crippen molar-refractivity contribution in [1.29, 1.82) is 0 Å². The van der Waals surface area contributed by atoms with Crippen molar-refractivity contribution in [3.63, 3.8) is 0 Å². The van der Waals surface area contributed by atoms with Crippen LogP contribution in [0.2, 0.25) is 0 Å². The fraction of sp³-hybridized carbons (Fsp3) is 0.667. The molecule has 0 saturated heterocycles. The minimum Gasteiger partial charge on any atom is -0.460 e. The van der Waals surface area contributed by atoms with E-state index in [9.17, 15) is 9.59 Å². The molecule has 0 aromatic carbocycles. The molecule has 16 heavy (non-hydrogen) atoms. The molecule has 1 aliphatic carbocycles. The van der Waals surface area contributed by atoms with Crippen LogP contribution in [0.5, 0.6) is 0 Å². The third-order valence-electron chi connectivity index (χ3n) is 2.83. The Bertz CT molecular complexity index is 269. The van der Waals surface area contributed by atoms with Crippen LogP contribution in [0.4, 0.5) is 0 Å². The van der Waals surface area contributed by atoms with Crippen LogP contribution >= 0.6 is 0 Å². The lowest BCUT2D eigenvalue weighted by Crippen LogP contribution is -2.45. The SMILES string of the molecule is C=CCOC(=O)C(NC(C)=O)C1CCCC1. The minimum absolute atomic E-state index is 0.188. The summed E-state index contributed by atoms with van der Waals surface area (Å²) in [5.41, 5.74) is 0. The minimum atomic E-state index is -0.486. The zero-order chi connectivity index (χ0) is 12.0. The fourth-order valence-corrected chi connectivity index (χ4v) is 2.11. The number of carbonyl (C=O) groups is 2. The van der Waals surface area contributed by atoms with Gasteiger partial charge in [0.2, 0.25) is 5.91 Å². The second-order valence-corrected chi connectivity index (χ2v) is 4.14. The largest absolute Gasteiger partial charge is 0.460 e. The Kier molecular flexibility index (Phi) is 5.02. The van der Waals surface area contributed by atoms with E-state index in [1.807, 2.05) is 0 Å². The number of ether oxygens (including phenoxy) is 1. The Balaban J connectivity index is 2.57. The Morgan fingerprint density at radius 3 is 2.62 bits per heavy atom. The highest BCUT2D eigenvalue weighted by molar-refractivity contribution is 5.83. The molecule has 1 amide bonds. The predicted octanol–water partition coefficient (Wildman–Crippen LogP) is 1.41. The monoisotopic (exact) mass is 225 g/mol. The van der Waals surface area contributed by atoms with Gasteiger partial charge in [-0.1, -0.05) is 25.5 Å². The third-order valence-corrected chi connectivity index (χ3v) is 2.83. The van der Waals surface area contributed by atoms with Crippen molar-refractivity contribution in [2.45, 2.75) is 38.6 Å². The summed E-state index contributed by atoms with van der Waals surface area (Å²) in [5, 5.41) is 2.68. The van der Waals surface area contributed by atoms with Crippen molar-refractivity contribution < 1.29 is 14.3 Å². The lowest BCUT2D eigenvalue weighted by atomic mass is 9.98. The summed E-state index contributed by atoms with van der Waals surface area (Å²) >= 11 is 0. The zero-order valence-corrected chi connectivity index (χ0v) is 9.70. The number of rotatable bonds is 5. The van der Waals surface area contributed by atoms with Crippen LogP contribution < -0.4 is 5.32 Å². The molecular formula is C12H19NO3. The Morgan fingerprint density at radius 1 is 1.50 bits per heavy atom. The van der Waals surface area contributed by atoms with Crippen LogP contribution in [0.15, 0.2) is 12.7 Å². The highest BCUT2D eigenvalue weighted by Gasteiger charge is 2.32. The van der Waals surface area contributed by atoms with E-state index in [2.05, 4.69) is 11.9 Å². The molecule has 0 aliphatic heterocycles. The number of hydrogen-bond acceptors (Lipinski definition) is 3. The van der Waals surface area contributed by atoms with Crippen molar-refractivity contribution in [2.75, 3.05) is 6.61 Å². The summed E-state index contributed by atoms with van der Waals surface area (Å²) in [6.07, 6.45) is 5.73. The smallest absolute Gasteiger partial charge is 0.329 e. The van der Waals surface area contributed by atoms with E-state index >= 15 is 0 Å². The summed E-state index contributed by atoms with van der Waals surface area (Å²) in [4.78, 5) is 22.8. The van der Waals surface area contributed by atoms with Crippen LogP contribution in [0.1, 0.15) is 32.6 Å². The molecule has 0 bridgehead atoms. The molecule has 0 radical (unpaired) electrons. The molecule has 90 valence electrons. The average molecular weight is 225 g/mol. The molecule has 0 spiro atoms. The van der Waals surface area contributed by atoms with Crippen molar-refractivity contribution in [1.82, 2.24) is 5.32 Å². The Labute approximate surface area is 96.0 Å². The molecule has 4 heteroatoms. The van der Waals surface area contributed by atoms with Gasteiger partial charge in [-0.25, -0.2) is 4.79 Å².